The lowest BCUT2D eigenvalue weighted by Crippen LogP contribution is -2.43. The Kier molecular flexibility index (Phi) is 2.68. The summed E-state index contributed by atoms with van der Waals surface area (Å²) in [4.78, 5) is 2.31. The summed E-state index contributed by atoms with van der Waals surface area (Å²) in [5.41, 5.74) is 1.40. The number of methoxy groups -OCH3 is 1. The Morgan fingerprint density at radius 1 is 1.64 bits per heavy atom. The lowest BCUT2D eigenvalue weighted by molar-refractivity contribution is 0.0573. The first-order valence-corrected chi connectivity index (χ1v) is 4.05. The fourth-order valence-electron chi connectivity index (χ4n) is 1.53. The highest BCUT2D eigenvalue weighted by atomic mass is 16.5. The fraction of sp³-hybridized carbons (Fsp3) is 0.778. The van der Waals surface area contributed by atoms with Gasteiger partial charge in [-0.3, -0.25) is 4.90 Å². The Bertz CT molecular complexity index is 165. The molecule has 0 unspecified atom stereocenters. The van der Waals surface area contributed by atoms with Crippen LogP contribution in [0.2, 0.25) is 0 Å². The zero-order chi connectivity index (χ0) is 8.43. The Morgan fingerprint density at radius 3 is 2.82 bits per heavy atom. The van der Waals surface area contributed by atoms with Crippen molar-refractivity contribution in [1.82, 2.24) is 4.90 Å². The van der Waals surface area contributed by atoms with E-state index < -0.39 is 0 Å². The van der Waals surface area contributed by atoms with Gasteiger partial charge in [-0.1, -0.05) is 11.6 Å². The van der Waals surface area contributed by atoms with Gasteiger partial charge in [-0.2, -0.15) is 0 Å². The highest BCUT2D eigenvalue weighted by Gasteiger charge is 2.22. The minimum Gasteiger partial charge on any atom is -0.376 e. The van der Waals surface area contributed by atoms with Gasteiger partial charge in [-0.15, -0.1) is 0 Å². The lowest BCUT2D eigenvalue weighted by Gasteiger charge is -2.34. The standard InChI is InChI=1S/C9H17NO/c1-7-5-9(11-4)8(2)10(3)6-7/h5,8-9H,6H2,1-4H3/t8-,9+/m0/s1. The highest BCUT2D eigenvalue weighted by Crippen LogP contribution is 2.16. The summed E-state index contributed by atoms with van der Waals surface area (Å²) in [7, 11) is 3.90. The monoisotopic (exact) mass is 155 g/mol. The summed E-state index contributed by atoms with van der Waals surface area (Å²) in [6.07, 6.45) is 2.48. The summed E-state index contributed by atoms with van der Waals surface area (Å²) >= 11 is 0. The van der Waals surface area contributed by atoms with Crippen molar-refractivity contribution < 1.29 is 4.74 Å². The number of hydrogen-bond donors (Lipinski definition) is 0. The largest absolute Gasteiger partial charge is 0.376 e. The molecule has 0 aromatic heterocycles. The number of rotatable bonds is 1. The van der Waals surface area contributed by atoms with E-state index in [1.807, 2.05) is 0 Å². The first-order chi connectivity index (χ1) is 5.15. The van der Waals surface area contributed by atoms with Crippen LogP contribution >= 0.6 is 0 Å². The predicted molar refractivity (Wildman–Crippen MR) is 46.6 cm³/mol. The average molecular weight is 155 g/mol. The normalized spacial score (nSPS) is 33.6. The molecule has 0 aromatic rings. The molecule has 0 saturated carbocycles. The minimum absolute atomic E-state index is 0.272. The van der Waals surface area contributed by atoms with Crippen molar-refractivity contribution in [3.05, 3.63) is 11.6 Å². The van der Waals surface area contributed by atoms with Gasteiger partial charge in [-0.05, 0) is 20.9 Å². The fourth-order valence-corrected chi connectivity index (χ4v) is 1.53. The summed E-state index contributed by atoms with van der Waals surface area (Å²) in [6, 6.07) is 0.503. The van der Waals surface area contributed by atoms with Crippen LogP contribution < -0.4 is 0 Å². The molecule has 1 aliphatic rings. The van der Waals surface area contributed by atoms with E-state index in [1.54, 1.807) is 7.11 Å². The zero-order valence-corrected chi connectivity index (χ0v) is 7.79. The van der Waals surface area contributed by atoms with Crippen molar-refractivity contribution in [3.8, 4) is 0 Å². The molecule has 0 spiro atoms. The van der Waals surface area contributed by atoms with Gasteiger partial charge in [-0.25, -0.2) is 0 Å². The molecule has 0 N–H and O–H groups in total. The van der Waals surface area contributed by atoms with Crippen molar-refractivity contribution in [2.75, 3.05) is 20.7 Å². The van der Waals surface area contributed by atoms with Gasteiger partial charge >= 0.3 is 0 Å². The first-order valence-electron chi connectivity index (χ1n) is 4.05. The topological polar surface area (TPSA) is 12.5 Å². The molecule has 1 aliphatic heterocycles. The van der Waals surface area contributed by atoms with E-state index in [0.29, 0.717) is 6.04 Å². The molecule has 64 valence electrons. The second kappa shape index (κ2) is 3.37. The average Bonchev–Trinajstić information content (AvgIpc) is 1.96. The van der Waals surface area contributed by atoms with Crippen molar-refractivity contribution in [2.45, 2.75) is 26.0 Å². The second-order valence-electron chi connectivity index (χ2n) is 3.37. The summed E-state index contributed by atoms with van der Waals surface area (Å²) in [5.74, 6) is 0. The summed E-state index contributed by atoms with van der Waals surface area (Å²) in [5, 5.41) is 0. The van der Waals surface area contributed by atoms with E-state index >= 15 is 0 Å². The summed E-state index contributed by atoms with van der Waals surface area (Å²) in [6.45, 7) is 5.41. The first kappa shape index (κ1) is 8.75. The van der Waals surface area contributed by atoms with Crippen LogP contribution in [0.5, 0.6) is 0 Å². The molecule has 0 amide bonds. The molecule has 0 fully saturated rings. The van der Waals surface area contributed by atoms with E-state index in [4.69, 9.17) is 4.74 Å². The zero-order valence-electron chi connectivity index (χ0n) is 7.79. The van der Waals surface area contributed by atoms with E-state index in [9.17, 15) is 0 Å². The second-order valence-corrected chi connectivity index (χ2v) is 3.37. The maximum Gasteiger partial charge on any atom is 0.0907 e. The Labute approximate surface area is 68.8 Å². The molecule has 11 heavy (non-hydrogen) atoms. The van der Waals surface area contributed by atoms with Gasteiger partial charge in [0.2, 0.25) is 0 Å². The molecule has 0 radical (unpaired) electrons. The molecule has 0 saturated heterocycles. The molecule has 2 nitrogen and oxygen atoms in total. The maximum absolute atomic E-state index is 5.33. The number of hydrogen-bond acceptors (Lipinski definition) is 2. The third-order valence-electron chi connectivity index (χ3n) is 2.39. The van der Waals surface area contributed by atoms with Crippen molar-refractivity contribution in [2.24, 2.45) is 0 Å². The molecular formula is C9H17NO. The summed E-state index contributed by atoms with van der Waals surface area (Å²) < 4.78 is 5.33. The molecular weight excluding hydrogens is 138 g/mol. The van der Waals surface area contributed by atoms with Gasteiger partial charge < -0.3 is 4.74 Å². The van der Waals surface area contributed by atoms with Crippen molar-refractivity contribution >= 4 is 0 Å². The van der Waals surface area contributed by atoms with Crippen LogP contribution in [0, 0.1) is 0 Å². The van der Waals surface area contributed by atoms with E-state index in [1.165, 1.54) is 5.57 Å². The minimum atomic E-state index is 0.272. The Morgan fingerprint density at radius 2 is 2.27 bits per heavy atom. The van der Waals surface area contributed by atoms with Crippen molar-refractivity contribution in [1.29, 1.82) is 0 Å². The van der Waals surface area contributed by atoms with E-state index in [0.717, 1.165) is 6.54 Å². The van der Waals surface area contributed by atoms with Crippen LogP contribution in [0.4, 0.5) is 0 Å². The maximum atomic E-state index is 5.33. The van der Waals surface area contributed by atoms with Gasteiger partial charge in [0.15, 0.2) is 0 Å². The van der Waals surface area contributed by atoms with Gasteiger partial charge in [0.1, 0.15) is 0 Å². The van der Waals surface area contributed by atoms with Crippen LogP contribution in [0.25, 0.3) is 0 Å². The van der Waals surface area contributed by atoms with Gasteiger partial charge in [0.25, 0.3) is 0 Å². The van der Waals surface area contributed by atoms with Crippen LogP contribution in [0.15, 0.2) is 11.6 Å². The number of ether oxygens (including phenoxy) is 1. The van der Waals surface area contributed by atoms with Crippen LogP contribution in [0.3, 0.4) is 0 Å². The molecule has 0 bridgehead atoms. The SMILES string of the molecule is CO[C@@H]1C=C(C)CN(C)[C@H]1C. The molecule has 0 aromatic carbocycles. The third kappa shape index (κ3) is 1.82. The molecule has 1 rings (SSSR count). The molecule has 0 aliphatic carbocycles. The van der Waals surface area contributed by atoms with Gasteiger partial charge in [0.05, 0.1) is 6.10 Å². The van der Waals surface area contributed by atoms with Crippen LogP contribution in [-0.2, 0) is 4.74 Å². The quantitative estimate of drug-likeness (QED) is 0.529. The van der Waals surface area contributed by atoms with Crippen LogP contribution in [0.1, 0.15) is 13.8 Å². The van der Waals surface area contributed by atoms with Crippen molar-refractivity contribution in [3.63, 3.8) is 0 Å². The highest BCUT2D eigenvalue weighted by molar-refractivity contribution is 5.11. The van der Waals surface area contributed by atoms with E-state index in [-0.39, 0.29) is 6.10 Å². The molecule has 2 atom stereocenters. The smallest absolute Gasteiger partial charge is 0.0907 e. The number of likely N-dealkylation sites (N-methyl/N-ethyl adjacent to an activating group) is 1. The predicted octanol–water partition coefficient (Wildman–Crippen LogP) is 1.28. The number of nitrogens with zero attached hydrogens (tertiary/aromatic N) is 1. The van der Waals surface area contributed by atoms with Gasteiger partial charge in [0, 0.05) is 19.7 Å². The van der Waals surface area contributed by atoms with Crippen LogP contribution in [-0.4, -0.2) is 37.7 Å². The lowest BCUT2D eigenvalue weighted by atomic mass is 10.0. The Balaban J connectivity index is 2.70. The molecule has 1 heterocycles. The Hall–Kier alpha value is -0.340. The third-order valence-corrected chi connectivity index (χ3v) is 2.39. The molecule has 2 heteroatoms. The van der Waals surface area contributed by atoms with E-state index in [2.05, 4.69) is 31.9 Å².